The topological polar surface area (TPSA) is 4.93 Å². The predicted octanol–water partition coefficient (Wildman–Crippen LogP) is 5.00. The Hall–Kier alpha value is -1.67. The summed E-state index contributed by atoms with van der Waals surface area (Å²) in [5.74, 6) is 1.10. The maximum atomic E-state index is 2.39. The van der Waals surface area contributed by atoms with Crippen molar-refractivity contribution in [2.24, 2.45) is 0 Å². The minimum Gasteiger partial charge on any atom is -0.346 e. The molecule has 0 spiro atoms. The second-order valence-electron chi connectivity index (χ2n) is 4.88. The lowest BCUT2D eigenvalue weighted by molar-refractivity contribution is 0.802. The molecule has 0 amide bonds. The quantitative estimate of drug-likeness (QED) is 0.596. The van der Waals surface area contributed by atoms with Crippen molar-refractivity contribution in [3.63, 3.8) is 0 Å². The van der Waals surface area contributed by atoms with E-state index in [-0.39, 0.29) is 0 Å². The molecule has 0 aliphatic heterocycles. The van der Waals surface area contributed by atoms with Crippen molar-refractivity contribution >= 4 is 22.7 Å². The third-order valence-electron chi connectivity index (χ3n) is 3.60. The van der Waals surface area contributed by atoms with Crippen molar-refractivity contribution in [2.45, 2.75) is 24.8 Å². The van der Waals surface area contributed by atoms with Crippen LogP contribution in [-0.2, 0) is 13.0 Å². The van der Waals surface area contributed by atoms with E-state index in [4.69, 9.17) is 0 Å². The zero-order valence-electron chi connectivity index (χ0n) is 11.8. The first-order valence-corrected chi connectivity index (χ1v) is 8.11. The largest absolute Gasteiger partial charge is 0.346 e. The van der Waals surface area contributed by atoms with Gasteiger partial charge in [-0.25, -0.2) is 0 Å². The van der Waals surface area contributed by atoms with Crippen LogP contribution in [0, 0.1) is 0 Å². The van der Waals surface area contributed by atoms with E-state index in [0.717, 1.165) is 18.7 Å². The summed E-state index contributed by atoms with van der Waals surface area (Å²) in [5, 5.41) is 1.36. The molecular weight excluding hydrogens is 262 g/mol. The lowest BCUT2D eigenvalue weighted by atomic mass is 10.1. The van der Waals surface area contributed by atoms with E-state index in [1.54, 1.807) is 0 Å². The third kappa shape index (κ3) is 2.75. The fraction of sp³-hybridized carbons (Fsp3) is 0.222. The maximum absolute atomic E-state index is 2.39. The van der Waals surface area contributed by atoms with E-state index in [1.807, 2.05) is 11.8 Å². The lowest BCUT2D eigenvalue weighted by Crippen LogP contribution is -2.00. The second kappa shape index (κ2) is 6.19. The van der Waals surface area contributed by atoms with E-state index in [2.05, 4.69) is 72.3 Å². The van der Waals surface area contributed by atoms with Crippen molar-refractivity contribution in [3.8, 4) is 0 Å². The van der Waals surface area contributed by atoms with Crippen molar-refractivity contribution in [3.05, 3.63) is 66.4 Å². The number of aryl methyl sites for hydroxylation is 2. The number of hydrogen-bond donors (Lipinski definition) is 0. The third-order valence-corrected chi connectivity index (χ3v) is 4.59. The molecule has 0 atom stereocenters. The molecule has 1 nitrogen and oxygen atoms in total. The molecule has 3 aromatic rings. The van der Waals surface area contributed by atoms with Gasteiger partial charge in [-0.05, 0) is 35.6 Å². The van der Waals surface area contributed by atoms with Gasteiger partial charge < -0.3 is 4.57 Å². The van der Waals surface area contributed by atoms with Gasteiger partial charge >= 0.3 is 0 Å². The molecule has 2 aromatic carbocycles. The zero-order chi connectivity index (χ0) is 13.8. The van der Waals surface area contributed by atoms with Gasteiger partial charge in [0.25, 0.3) is 0 Å². The maximum Gasteiger partial charge on any atom is 0.0512 e. The molecule has 0 bridgehead atoms. The summed E-state index contributed by atoms with van der Waals surface area (Å²) >= 11 is 1.92. The first-order valence-electron chi connectivity index (χ1n) is 7.13. The highest BCUT2D eigenvalue weighted by Crippen LogP contribution is 2.23. The van der Waals surface area contributed by atoms with Gasteiger partial charge in [0.05, 0.1) is 5.52 Å². The number of fused-ring (bicyclic) bond motifs is 1. The van der Waals surface area contributed by atoms with Crippen LogP contribution in [-0.4, -0.2) is 10.3 Å². The van der Waals surface area contributed by atoms with Gasteiger partial charge in [0.1, 0.15) is 0 Å². The van der Waals surface area contributed by atoms with E-state index in [0.29, 0.717) is 0 Å². The average Bonchev–Trinajstić information content (AvgIpc) is 2.92. The first kappa shape index (κ1) is 13.3. The van der Waals surface area contributed by atoms with Crippen LogP contribution in [0.1, 0.15) is 12.5 Å². The molecule has 0 aliphatic rings. The number of para-hydroxylation sites is 1. The summed E-state index contributed by atoms with van der Waals surface area (Å²) in [6.07, 6.45) is 3.31. The van der Waals surface area contributed by atoms with Crippen LogP contribution in [0.4, 0.5) is 0 Å². The van der Waals surface area contributed by atoms with Crippen LogP contribution < -0.4 is 0 Å². The summed E-state index contributed by atoms with van der Waals surface area (Å²) in [6.45, 7) is 3.28. The van der Waals surface area contributed by atoms with Gasteiger partial charge in [0, 0.05) is 23.4 Å². The number of thioether (sulfide) groups is 1. The Kier molecular flexibility index (Phi) is 4.12. The fourth-order valence-corrected chi connectivity index (χ4v) is 3.46. The SMILES string of the molecule is CCc1cccc2ccn(CCSc3ccccc3)c12. The van der Waals surface area contributed by atoms with E-state index in [1.165, 1.54) is 21.4 Å². The molecule has 0 fully saturated rings. The predicted molar refractivity (Wildman–Crippen MR) is 88.5 cm³/mol. The van der Waals surface area contributed by atoms with Crippen LogP contribution in [0.15, 0.2) is 65.7 Å². The molecule has 1 aromatic heterocycles. The Morgan fingerprint density at radius 2 is 1.80 bits per heavy atom. The Morgan fingerprint density at radius 1 is 0.950 bits per heavy atom. The monoisotopic (exact) mass is 281 g/mol. The van der Waals surface area contributed by atoms with Crippen molar-refractivity contribution in [2.75, 3.05) is 5.75 Å². The molecule has 0 saturated heterocycles. The average molecular weight is 281 g/mol. The number of rotatable bonds is 5. The second-order valence-corrected chi connectivity index (χ2v) is 6.05. The number of aromatic nitrogens is 1. The lowest BCUT2D eigenvalue weighted by Gasteiger charge is -2.08. The summed E-state index contributed by atoms with van der Waals surface area (Å²) < 4.78 is 2.39. The smallest absolute Gasteiger partial charge is 0.0512 e. The van der Waals surface area contributed by atoms with E-state index >= 15 is 0 Å². The highest BCUT2D eigenvalue weighted by atomic mass is 32.2. The molecule has 3 rings (SSSR count). The van der Waals surface area contributed by atoms with Crippen LogP contribution in [0.3, 0.4) is 0 Å². The van der Waals surface area contributed by atoms with Gasteiger partial charge in [-0.2, -0.15) is 0 Å². The highest BCUT2D eigenvalue weighted by Gasteiger charge is 2.05. The molecule has 2 heteroatoms. The molecule has 0 N–H and O–H groups in total. The van der Waals surface area contributed by atoms with Crippen molar-refractivity contribution in [1.29, 1.82) is 0 Å². The van der Waals surface area contributed by atoms with Gasteiger partial charge in [-0.15, -0.1) is 11.8 Å². The number of benzene rings is 2. The molecule has 1 heterocycles. The number of nitrogens with zero attached hydrogens (tertiary/aromatic N) is 1. The minimum atomic E-state index is 1.06. The standard InChI is InChI=1S/C18H19NS/c1-2-15-7-6-8-16-11-12-19(18(15)16)13-14-20-17-9-4-3-5-10-17/h3-12H,2,13-14H2,1H3. The molecule has 0 radical (unpaired) electrons. The fourth-order valence-electron chi connectivity index (χ4n) is 2.59. The van der Waals surface area contributed by atoms with Gasteiger partial charge in [-0.1, -0.05) is 43.3 Å². The number of hydrogen-bond acceptors (Lipinski definition) is 1. The molecule has 0 saturated carbocycles. The summed E-state index contributed by atoms with van der Waals surface area (Å²) in [4.78, 5) is 1.35. The Labute approximate surface area is 124 Å². The van der Waals surface area contributed by atoms with Crippen LogP contribution in [0.2, 0.25) is 0 Å². The summed E-state index contributed by atoms with van der Waals surface area (Å²) in [5.41, 5.74) is 2.85. The first-order chi connectivity index (χ1) is 9.88. The zero-order valence-corrected chi connectivity index (χ0v) is 12.6. The van der Waals surface area contributed by atoms with Crippen LogP contribution in [0.5, 0.6) is 0 Å². The molecule has 20 heavy (non-hydrogen) atoms. The molecular formula is C18H19NS. The minimum absolute atomic E-state index is 1.06. The van der Waals surface area contributed by atoms with Gasteiger partial charge in [0.2, 0.25) is 0 Å². The van der Waals surface area contributed by atoms with Crippen molar-refractivity contribution in [1.82, 2.24) is 4.57 Å². The van der Waals surface area contributed by atoms with Crippen LogP contribution in [0.25, 0.3) is 10.9 Å². The molecule has 102 valence electrons. The van der Waals surface area contributed by atoms with Crippen LogP contribution >= 0.6 is 11.8 Å². The molecule has 0 unspecified atom stereocenters. The normalized spacial score (nSPS) is 11.1. The van der Waals surface area contributed by atoms with E-state index in [9.17, 15) is 0 Å². The van der Waals surface area contributed by atoms with Crippen molar-refractivity contribution < 1.29 is 0 Å². The van der Waals surface area contributed by atoms with E-state index < -0.39 is 0 Å². The van der Waals surface area contributed by atoms with Gasteiger partial charge in [0.15, 0.2) is 0 Å². The van der Waals surface area contributed by atoms with Gasteiger partial charge in [-0.3, -0.25) is 0 Å². The Bertz CT molecular complexity index is 685. The highest BCUT2D eigenvalue weighted by molar-refractivity contribution is 7.99. The summed E-state index contributed by atoms with van der Waals surface area (Å²) in [6, 6.07) is 19.4. The Balaban J connectivity index is 1.75. The summed E-state index contributed by atoms with van der Waals surface area (Å²) in [7, 11) is 0. The molecule has 0 aliphatic carbocycles. The Morgan fingerprint density at radius 3 is 2.60 bits per heavy atom.